The number of fused-ring (bicyclic) bond motifs is 1. The lowest BCUT2D eigenvalue weighted by Gasteiger charge is -2.15. The highest BCUT2D eigenvalue weighted by Crippen LogP contribution is 2.34. The van der Waals surface area contributed by atoms with Crippen molar-refractivity contribution in [3.05, 3.63) is 48.0 Å². The van der Waals surface area contributed by atoms with Gasteiger partial charge in [-0.15, -0.1) is 11.8 Å². The Kier molecular flexibility index (Phi) is 4.62. The maximum atomic E-state index is 12.1. The van der Waals surface area contributed by atoms with Crippen LogP contribution in [-0.2, 0) is 0 Å². The number of ether oxygens (including phenoxy) is 2. The van der Waals surface area contributed by atoms with E-state index in [-0.39, 0.29) is 18.9 Å². The van der Waals surface area contributed by atoms with Crippen molar-refractivity contribution in [2.75, 3.05) is 18.4 Å². The molecule has 2 aromatic carbocycles. The fraction of sp³-hybridized carbons (Fsp3) is 0.235. The van der Waals surface area contributed by atoms with Crippen LogP contribution in [0.3, 0.4) is 0 Å². The molecule has 1 atom stereocenters. The standard InChI is InChI=1S/C17H18N2O3S/c1-11(12-6-7-15-16(8-12)22-10-21-15)18-17(20)19-13-4-3-5-14(9-13)23-2/h3-9,11H,10H2,1-2H3,(H2,18,19,20). The first kappa shape index (κ1) is 15.6. The number of nitrogens with one attached hydrogen (secondary N) is 2. The Balaban J connectivity index is 1.62. The minimum absolute atomic E-state index is 0.145. The van der Waals surface area contributed by atoms with Crippen molar-refractivity contribution < 1.29 is 14.3 Å². The second kappa shape index (κ2) is 6.83. The largest absolute Gasteiger partial charge is 0.454 e. The molecule has 0 aromatic heterocycles. The average Bonchev–Trinajstić information content (AvgIpc) is 3.02. The molecule has 23 heavy (non-hydrogen) atoms. The number of amides is 2. The molecule has 2 aromatic rings. The van der Waals surface area contributed by atoms with E-state index in [2.05, 4.69) is 10.6 Å². The molecule has 1 heterocycles. The highest BCUT2D eigenvalue weighted by atomic mass is 32.2. The zero-order valence-corrected chi connectivity index (χ0v) is 13.8. The van der Waals surface area contributed by atoms with Crippen molar-refractivity contribution >= 4 is 23.5 Å². The van der Waals surface area contributed by atoms with Crippen molar-refractivity contribution in [1.29, 1.82) is 0 Å². The smallest absolute Gasteiger partial charge is 0.319 e. The summed E-state index contributed by atoms with van der Waals surface area (Å²) in [6, 6.07) is 13.0. The lowest BCUT2D eigenvalue weighted by Crippen LogP contribution is -2.31. The topological polar surface area (TPSA) is 59.6 Å². The van der Waals surface area contributed by atoms with Gasteiger partial charge in [0, 0.05) is 10.6 Å². The Hall–Kier alpha value is -2.34. The van der Waals surface area contributed by atoms with Gasteiger partial charge in [0.25, 0.3) is 0 Å². The molecule has 5 nitrogen and oxygen atoms in total. The van der Waals surface area contributed by atoms with E-state index in [9.17, 15) is 4.79 Å². The predicted octanol–water partition coefficient (Wildman–Crippen LogP) is 4.02. The highest BCUT2D eigenvalue weighted by molar-refractivity contribution is 7.98. The van der Waals surface area contributed by atoms with Crippen LogP contribution in [0.4, 0.5) is 10.5 Å². The van der Waals surface area contributed by atoms with Gasteiger partial charge in [0.05, 0.1) is 6.04 Å². The number of carbonyl (C=O) groups is 1. The first-order chi connectivity index (χ1) is 11.2. The van der Waals surface area contributed by atoms with Gasteiger partial charge >= 0.3 is 6.03 Å². The lowest BCUT2D eigenvalue weighted by atomic mass is 10.1. The van der Waals surface area contributed by atoms with Crippen LogP contribution in [0.15, 0.2) is 47.4 Å². The van der Waals surface area contributed by atoms with Gasteiger partial charge < -0.3 is 20.1 Å². The van der Waals surface area contributed by atoms with Gasteiger partial charge in [0.2, 0.25) is 6.79 Å². The molecular weight excluding hydrogens is 312 g/mol. The maximum absolute atomic E-state index is 12.1. The molecular formula is C17H18N2O3S. The number of hydrogen-bond acceptors (Lipinski definition) is 4. The lowest BCUT2D eigenvalue weighted by molar-refractivity contribution is 0.174. The van der Waals surface area contributed by atoms with E-state index in [1.807, 2.05) is 55.6 Å². The summed E-state index contributed by atoms with van der Waals surface area (Å²) in [5.74, 6) is 1.45. The van der Waals surface area contributed by atoms with Crippen LogP contribution in [0.5, 0.6) is 11.5 Å². The molecule has 120 valence electrons. The summed E-state index contributed by atoms with van der Waals surface area (Å²) < 4.78 is 10.7. The van der Waals surface area contributed by atoms with Crippen molar-refractivity contribution in [2.45, 2.75) is 17.9 Å². The van der Waals surface area contributed by atoms with Crippen molar-refractivity contribution in [1.82, 2.24) is 5.32 Å². The summed E-state index contributed by atoms with van der Waals surface area (Å²) >= 11 is 1.63. The summed E-state index contributed by atoms with van der Waals surface area (Å²) in [4.78, 5) is 13.2. The molecule has 6 heteroatoms. The fourth-order valence-corrected chi connectivity index (χ4v) is 2.79. The van der Waals surface area contributed by atoms with Gasteiger partial charge in [-0.2, -0.15) is 0 Å². The van der Waals surface area contributed by atoms with Crippen molar-refractivity contribution in [2.24, 2.45) is 0 Å². The summed E-state index contributed by atoms with van der Waals surface area (Å²) in [6.45, 7) is 2.17. The van der Waals surface area contributed by atoms with Crippen LogP contribution in [0.1, 0.15) is 18.5 Å². The number of thioether (sulfide) groups is 1. The Morgan fingerprint density at radius 1 is 1.17 bits per heavy atom. The Labute approximate surface area is 139 Å². The monoisotopic (exact) mass is 330 g/mol. The average molecular weight is 330 g/mol. The molecule has 0 radical (unpaired) electrons. The van der Waals surface area contributed by atoms with E-state index in [0.29, 0.717) is 5.75 Å². The molecule has 2 amide bonds. The molecule has 0 saturated carbocycles. The van der Waals surface area contributed by atoms with E-state index in [0.717, 1.165) is 21.9 Å². The van der Waals surface area contributed by atoms with Gasteiger partial charge in [0.15, 0.2) is 11.5 Å². The Morgan fingerprint density at radius 3 is 2.83 bits per heavy atom. The van der Waals surface area contributed by atoms with Crippen LogP contribution < -0.4 is 20.1 Å². The van der Waals surface area contributed by atoms with Gasteiger partial charge in [-0.05, 0) is 49.1 Å². The van der Waals surface area contributed by atoms with Crippen LogP contribution in [0, 0.1) is 0 Å². The number of carbonyl (C=O) groups excluding carboxylic acids is 1. The van der Waals surface area contributed by atoms with E-state index < -0.39 is 0 Å². The van der Waals surface area contributed by atoms with E-state index in [1.165, 1.54) is 0 Å². The molecule has 0 aliphatic carbocycles. The summed E-state index contributed by atoms with van der Waals surface area (Å²) in [5, 5.41) is 5.77. The van der Waals surface area contributed by atoms with Gasteiger partial charge in [0.1, 0.15) is 0 Å². The first-order valence-electron chi connectivity index (χ1n) is 7.27. The van der Waals surface area contributed by atoms with Gasteiger partial charge in [-0.1, -0.05) is 12.1 Å². The Bertz CT molecular complexity index is 721. The van der Waals surface area contributed by atoms with Crippen LogP contribution in [0.2, 0.25) is 0 Å². The number of anilines is 1. The quantitative estimate of drug-likeness (QED) is 0.831. The molecule has 2 N–H and O–H groups in total. The van der Waals surface area contributed by atoms with Crippen molar-refractivity contribution in [3.8, 4) is 11.5 Å². The molecule has 1 unspecified atom stereocenters. The second-order valence-corrected chi connectivity index (χ2v) is 6.04. The summed E-state index contributed by atoms with van der Waals surface area (Å²) in [6.07, 6.45) is 2.00. The number of benzene rings is 2. The number of rotatable bonds is 4. The molecule has 1 aliphatic rings. The zero-order chi connectivity index (χ0) is 16.2. The maximum Gasteiger partial charge on any atom is 0.319 e. The molecule has 1 aliphatic heterocycles. The zero-order valence-electron chi connectivity index (χ0n) is 13.0. The summed E-state index contributed by atoms with van der Waals surface area (Å²) in [5.41, 5.74) is 1.73. The fourth-order valence-electron chi connectivity index (χ4n) is 2.33. The van der Waals surface area contributed by atoms with Crippen LogP contribution in [0.25, 0.3) is 0 Å². The van der Waals surface area contributed by atoms with E-state index >= 15 is 0 Å². The first-order valence-corrected chi connectivity index (χ1v) is 8.49. The molecule has 0 fully saturated rings. The van der Waals surface area contributed by atoms with Crippen LogP contribution >= 0.6 is 11.8 Å². The Morgan fingerprint density at radius 2 is 2.00 bits per heavy atom. The molecule has 3 rings (SSSR count). The number of hydrogen-bond donors (Lipinski definition) is 2. The predicted molar refractivity (Wildman–Crippen MR) is 91.4 cm³/mol. The van der Waals surface area contributed by atoms with E-state index in [1.54, 1.807) is 11.8 Å². The third kappa shape index (κ3) is 3.71. The van der Waals surface area contributed by atoms with Gasteiger partial charge in [-0.25, -0.2) is 4.79 Å². The minimum Gasteiger partial charge on any atom is -0.454 e. The normalized spacial score (nSPS) is 13.5. The summed E-state index contributed by atoms with van der Waals surface area (Å²) in [7, 11) is 0. The molecule has 0 saturated heterocycles. The number of urea groups is 1. The molecule has 0 spiro atoms. The van der Waals surface area contributed by atoms with Crippen LogP contribution in [-0.4, -0.2) is 19.1 Å². The van der Waals surface area contributed by atoms with Gasteiger partial charge in [-0.3, -0.25) is 0 Å². The van der Waals surface area contributed by atoms with Crippen molar-refractivity contribution in [3.63, 3.8) is 0 Å². The highest BCUT2D eigenvalue weighted by Gasteiger charge is 2.16. The SMILES string of the molecule is CSc1cccc(NC(=O)NC(C)c2ccc3c(c2)OCO3)c1. The third-order valence-corrected chi connectivity index (χ3v) is 4.30. The third-order valence-electron chi connectivity index (χ3n) is 3.57. The second-order valence-electron chi connectivity index (χ2n) is 5.16. The van der Waals surface area contributed by atoms with E-state index in [4.69, 9.17) is 9.47 Å². The molecule has 0 bridgehead atoms. The minimum atomic E-state index is -0.242.